The van der Waals surface area contributed by atoms with Gasteiger partial charge >= 0.3 is 0 Å². The summed E-state index contributed by atoms with van der Waals surface area (Å²) in [5, 5.41) is 6.13. The molecule has 7 heteroatoms. The van der Waals surface area contributed by atoms with Crippen molar-refractivity contribution in [3.63, 3.8) is 0 Å². The molecule has 1 fully saturated rings. The molecule has 2 atom stereocenters. The highest BCUT2D eigenvalue weighted by Gasteiger charge is 2.48. The van der Waals surface area contributed by atoms with Crippen molar-refractivity contribution in [1.29, 1.82) is 0 Å². The van der Waals surface area contributed by atoms with Crippen molar-refractivity contribution in [2.24, 2.45) is 11.8 Å². The van der Waals surface area contributed by atoms with Gasteiger partial charge in [-0.3, -0.25) is 9.59 Å². The molecule has 0 spiro atoms. The maximum absolute atomic E-state index is 13.1. The van der Waals surface area contributed by atoms with Crippen LogP contribution in [0.3, 0.4) is 0 Å². The number of rotatable bonds is 4. The highest BCUT2D eigenvalue weighted by molar-refractivity contribution is 6.35. The van der Waals surface area contributed by atoms with Gasteiger partial charge in [-0.2, -0.15) is 0 Å². The number of halogens is 3. The van der Waals surface area contributed by atoms with E-state index in [4.69, 9.17) is 23.2 Å². The van der Waals surface area contributed by atoms with E-state index in [1.54, 1.807) is 24.3 Å². The first-order valence-corrected chi connectivity index (χ1v) is 8.01. The second kappa shape index (κ2) is 6.79. The van der Waals surface area contributed by atoms with Gasteiger partial charge < -0.3 is 10.6 Å². The molecule has 0 bridgehead atoms. The quantitative estimate of drug-likeness (QED) is 0.844. The van der Waals surface area contributed by atoms with Crippen LogP contribution < -0.4 is 10.6 Å². The third kappa shape index (κ3) is 4.04. The number of hydrogen-bond donors (Lipinski definition) is 2. The average molecular weight is 367 g/mol. The van der Waals surface area contributed by atoms with Crippen molar-refractivity contribution >= 4 is 46.4 Å². The van der Waals surface area contributed by atoms with Crippen LogP contribution >= 0.6 is 23.2 Å². The smallest absolute Gasteiger partial charge is 0.228 e. The highest BCUT2D eigenvalue weighted by atomic mass is 35.5. The van der Waals surface area contributed by atoms with Crippen LogP contribution in [0.5, 0.6) is 0 Å². The first-order chi connectivity index (χ1) is 11.4. The molecule has 2 aromatic rings. The Labute approximate surface area is 148 Å². The summed E-state index contributed by atoms with van der Waals surface area (Å²) in [5.41, 5.74) is 0.848. The molecular formula is C17H13Cl2FN2O2. The lowest BCUT2D eigenvalue weighted by atomic mass is 10.2. The SMILES string of the molecule is O=C(Nc1cccc(F)c1)C1CC1C(=O)Nc1cc(Cl)cc(Cl)c1. The molecule has 1 saturated carbocycles. The molecule has 4 nitrogen and oxygen atoms in total. The van der Waals surface area contributed by atoms with Crippen LogP contribution in [-0.4, -0.2) is 11.8 Å². The van der Waals surface area contributed by atoms with Crippen LogP contribution in [0.15, 0.2) is 42.5 Å². The minimum atomic E-state index is -0.435. The minimum absolute atomic E-state index is 0.271. The fraction of sp³-hybridized carbons (Fsp3) is 0.176. The van der Waals surface area contributed by atoms with Crippen molar-refractivity contribution in [2.45, 2.75) is 6.42 Å². The number of nitrogens with one attached hydrogen (secondary N) is 2. The minimum Gasteiger partial charge on any atom is -0.326 e. The maximum atomic E-state index is 13.1. The van der Waals surface area contributed by atoms with Crippen LogP contribution in [0.2, 0.25) is 10.0 Å². The largest absolute Gasteiger partial charge is 0.326 e. The van der Waals surface area contributed by atoms with Gasteiger partial charge in [0.2, 0.25) is 11.8 Å². The zero-order valence-electron chi connectivity index (χ0n) is 12.4. The van der Waals surface area contributed by atoms with Crippen LogP contribution in [0.4, 0.5) is 15.8 Å². The molecule has 2 aromatic carbocycles. The maximum Gasteiger partial charge on any atom is 0.228 e. The zero-order chi connectivity index (χ0) is 17.3. The van der Waals surface area contributed by atoms with E-state index in [-0.39, 0.29) is 11.8 Å². The molecular weight excluding hydrogens is 354 g/mol. The number of hydrogen-bond acceptors (Lipinski definition) is 2. The Kier molecular flexibility index (Phi) is 4.73. The summed E-state index contributed by atoms with van der Waals surface area (Å²) >= 11 is 11.8. The molecule has 2 amide bonds. The zero-order valence-corrected chi connectivity index (χ0v) is 13.9. The van der Waals surface area contributed by atoms with Crippen LogP contribution in [-0.2, 0) is 9.59 Å². The van der Waals surface area contributed by atoms with Crippen LogP contribution in [0, 0.1) is 17.7 Å². The molecule has 124 valence electrons. The number of amides is 2. The fourth-order valence-electron chi connectivity index (χ4n) is 2.44. The van der Waals surface area contributed by atoms with Gasteiger partial charge in [0.15, 0.2) is 0 Å². The second-order valence-electron chi connectivity index (χ2n) is 5.60. The van der Waals surface area contributed by atoms with E-state index in [0.717, 1.165) is 0 Å². The molecule has 2 unspecified atom stereocenters. The first kappa shape index (κ1) is 16.7. The van der Waals surface area contributed by atoms with Crippen LogP contribution in [0.1, 0.15) is 6.42 Å². The Balaban J connectivity index is 1.58. The van der Waals surface area contributed by atoms with Crippen molar-refractivity contribution in [1.82, 2.24) is 0 Å². The summed E-state index contributed by atoms with van der Waals surface area (Å²) in [6, 6.07) is 10.3. The molecule has 0 saturated heterocycles. The van der Waals surface area contributed by atoms with Gasteiger partial charge in [0.25, 0.3) is 0 Å². The normalized spacial score (nSPS) is 18.8. The van der Waals surface area contributed by atoms with E-state index in [1.807, 2.05) is 0 Å². The summed E-state index contributed by atoms with van der Waals surface area (Å²) < 4.78 is 13.1. The molecule has 2 N–H and O–H groups in total. The lowest BCUT2D eigenvalue weighted by molar-refractivity contribution is -0.122. The molecule has 24 heavy (non-hydrogen) atoms. The Morgan fingerprint density at radius 2 is 1.50 bits per heavy atom. The van der Waals surface area contributed by atoms with E-state index in [2.05, 4.69) is 10.6 Å². The van der Waals surface area contributed by atoms with E-state index >= 15 is 0 Å². The topological polar surface area (TPSA) is 58.2 Å². The number of anilines is 2. The Morgan fingerprint density at radius 1 is 0.917 bits per heavy atom. The molecule has 3 rings (SSSR count). The van der Waals surface area contributed by atoms with Crippen molar-refractivity contribution in [2.75, 3.05) is 10.6 Å². The van der Waals surface area contributed by atoms with Crippen molar-refractivity contribution in [3.05, 3.63) is 58.3 Å². The molecule has 0 aromatic heterocycles. The predicted molar refractivity (Wildman–Crippen MR) is 91.7 cm³/mol. The second-order valence-corrected chi connectivity index (χ2v) is 6.47. The van der Waals surface area contributed by atoms with Crippen molar-refractivity contribution in [3.8, 4) is 0 Å². The Morgan fingerprint density at radius 3 is 2.08 bits per heavy atom. The molecule has 1 aliphatic rings. The summed E-state index contributed by atoms with van der Waals surface area (Å²) in [6.45, 7) is 0. The van der Waals surface area contributed by atoms with E-state index < -0.39 is 17.7 Å². The summed E-state index contributed by atoms with van der Waals surface area (Å²) in [7, 11) is 0. The van der Waals surface area contributed by atoms with Gasteiger partial charge in [-0.1, -0.05) is 29.3 Å². The van der Waals surface area contributed by atoms with Gasteiger partial charge in [-0.25, -0.2) is 4.39 Å². The summed E-state index contributed by atoms with van der Waals surface area (Å²) in [6.07, 6.45) is 0.446. The van der Waals surface area contributed by atoms with Gasteiger partial charge in [0.05, 0.1) is 11.8 Å². The molecule has 0 heterocycles. The van der Waals surface area contributed by atoms with Gasteiger partial charge in [0, 0.05) is 21.4 Å². The van der Waals surface area contributed by atoms with Gasteiger partial charge in [-0.15, -0.1) is 0 Å². The third-order valence-electron chi connectivity index (χ3n) is 3.69. The number of carbonyl (C=O) groups is 2. The van der Waals surface area contributed by atoms with Gasteiger partial charge in [0.1, 0.15) is 5.82 Å². The Bertz CT molecular complexity index is 793. The van der Waals surface area contributed by atoms with Crippen LogP contribution in [0.25, 0.3) is 0 Å². The summed E-state index contributed by atoms with van der Waals surface area (Å²) in [4.78, 5) is 24.3. The lowest BCUT2D eigenvalue weighted by Crippen LogP contribution is -2.20. The average Bonchev–Trinajstić information content (AvgIpc) is 3.26. The first-order valence-electron chi connectivity index (χ1n) is 7.26. The monoisotopic (exact) mass is 366 g/mol. The summed E-state index contributed by atoms with van der Waals surface area (Å²) in [5.74, 6) is -1.85. The van der Waals surface area contributed by atoms with Crippen molar-refractivity contribution < 1.29 is 14.0 Å². The lowest BCUT2D eigenvalue weighted by Gasteiger charge is -2.07. The van der Waals surface area contributed by atoms with E-state index in [1.165, 1.54) is 18.2 Å². The van der Waals surface area contributed by atoms with Gasteiger partial charge in [-0.05, 0) is 42.8 Å². The number of carbonyl (C=O) groups excluding carboxylic acids is 2. The Hall–Kier alpha value is -2.11. The molecule has 1 aliphatic carbocycles. The standard InChI is InChI=1S/C17H13Cl2FN2O2/c18-9-4-10(19)6-13(5-9)22-17(24)15-8-14(15)16(23)21-12-3-1-2-11(20)7-12/h1-7,14-15H,8H2,(H,21,23)(H,22,24). The number of benzene rings is 2. The van der Waals surface area contributed by atoms with E-state index in [9.17, 15) is 14.0 Å². The highest BCUT2D eigenvalue weighted by Crippen LogP contribution is 2.40. The molecule has 0 radical (unpaired) electrons. The van der Waals surface area contributed by atoms with E-state index in [0.29, 0.717) is 27.8 Å². The fourth-order valence-corrected chi connectivity index (χ4v) is 2.96. The third-order valence-corrected chi connectivity index (χ3v) is 4.12. The predicted octanol–water partition coefficient (Wildman–Crippen LogP) is 4.35. The molecule has 0 aliphatic heterocycles.